The van der Waals surface area contributed by atoms with Crippen LogP contribution in [-0.4, -0.2) is 37.5 Å². The first kappa shape index (κ1) is 14.9. The van der Waals surface area contributed by atoms with E-state index in [0.29, 0.717) is 11.3 Å². The van der Waals surface area contributed by atoms with Crippen LogP contribution in [0.3, 0.4) is 0 Å². The predicted octanol–water partition coefficient (Wildman–Crippen LogP) is 3.38. The average molecular weight is 305 g/mol. The van der Waals surface area contributed by atoms with Crippen molar-refractivity contribution in [3.63, 3.8) is 0 Å². The van der Waals surface area contributed by atoms with Gasteiger partial charge in [-0.05, 0) is 48.5 Å². The third kappa shape index (κ3) is 3.42. The van der Waals surface area contributed by atoms with Crippen molar-refractivity contribution >= 4 is 17.3 Å². The molecule has 1 saturated heterocycles. The van der Waals surface area contributed by atoms with Crippen LogP contribution < -0.4 is 5.32 Å². The minimum Gasteiger partial charge on any atom is -0.356 e. The summed E-state index contributed by atoms with van der Waals surface area (Å²) in [5, 5.41) is 5.75. The number of guanidine groups is 1. The summed E-state index contributed by atoms with van der Waals surface area (Å²) in [6.07, 6.45) is 6.80. The molecule has 1 atom stereocenters. The SMILES string of the molecule is CN=C(NCC(C)Cc1cccs1)N1CCC2(CCC2)C1. The van der Waals surface area contributed by atoms with Gasteiger partial charge in [-0.1, -0.05) is 19.4 Å². The van der Waals surface area contributed by atoms with Crippen LogP contribution in [0.5, 0.6) is 0 Å². The Morgan fingerprint density at radius 1 is 1.48 bits per heavy atom. The molecule has 2 fully saturated rings. The van der Waals surface area contributed by atoms with E-state index < -0.39 is 0 Å². The Morgan fingerprint density at radius 2 is 2.33 bits per heavy atom. The van der Waals surface area contributed by atoms with Gasteiger partial charge in [0.15, 0.2) is 5.96 Å². The second-order valence-electron chi connectivity index (χ2n) is 6.84. The Balaban J connectivity index is 1.46. The van der Waals surface area contributed by atoms with Gasteiger partial charge < -0.3 is 10.2 Å². The molecule has 1 aliphatic carbocycles. The van der Waals surface area contributed by atoms with Crippen LogP contribution in [-0.2, 0) is 6.42 Å². The monoisotopic (exact) mass is 305 g/mol. The molecule has 1 spiro atoms. The van der Waals surface area contributed by atoms with E-state index in [1.165, 1.54) is 43.6 Å². The van der Waals surface area contributed by atoms with Gasteiger partial charge in [-0.3, -0.25) is 4.99 Å². The molecule has 2 heterocycles. The zero-order valence-electron chi connectivity index (χ0n) is 13.3. The van der Waals surface area contributed by atoms with Crippen LogP contribution >= 0.6 is 11.3 Å². The fourth-order valence-electron chi connectivity index (χ4n) is 3.64. The fourth-order valence-corrected chi connectivity index (χ4v) is 4.51. The molecule has 1 N–H and O–H groups in total. The van der Waals surface area contributed by atoms with Crippen LogP contribution in [0.25, 0.3) is 0 Å². The molecule has 1 aromatic heterocycles. The van der Waals surface area contributed by atoms with Crippen LogP contribution in [0.1, 0.15) is 37.5 Å². The first-order valence-electron chi connectivity index (χ1n) is 8.19. The smallest absolute Gasteiger partial charge is 0.193 e. The molecule has 1 aromatic rings. The first-order valence-corrected chi connectivity index (χ1v) is 9.07. The van der Waals surface area contributed by atoms with E-state index in [1.807, 2.05) is 18.4 Å². The highest BCUT2D eigenvalue weighted by Crippen LogP contribution is 2.47. The number of likely N-dealkylation sites (tertiary alicyclic amines) is 1. The molecule has 0 bridgehead atoms. The topological polar surface area (TPSA) is 27.6 Å². The number of nitrogens with zero attached hydrogens (tertiary/aromatic N) is 2. The normalized spacial score (nSPS) is 22.4. The number of rotatable bonds is 4. The Labute approximate surface area is 132 Å². The molecule has 21 heavy (non-hydrogen) atoms. The minimum absolute atomic E-state index is 0.639. The third-order valence-electron chi connectivity index (χ3n) is 5.10. The van der Waals surface area contributed by atoms with Gasteiger partial charge in [-0.2, -0.15) is 0 Å². The Hall–Kier alpha value is -1.03. The van der Waals surface area contributed by atoms with Gasteiger partial charge in [0.1, 0.15) is 0 Å². The zero-order chi connectivity index (χ0) is 14.7. The zero-order valence-corrected chi connectivity index (χ0v) is 14.1. The highest BCUT2D eigenvalue weighted by molar-refractivity contribution is 7.09. The predicted molar refractivity (Wildman–Crippen MR) is 91.0 cm³/mol. The fraction of sp³-hybridized carbons (Fsp3) is 0.706. The molecular formula is C17H27N3S. The molecule has 116 valence electrons. The van der Waals surface area contributed by atoms with E-state index in [4.69, 9.17) is 0 Å². The maximum Gasteiger partial charge on any atom is 0.193 e. The summed E-state index contributed by atoms with van der Waals surface area (Å²) in [7, 11) is 1.91. The van der Waals surface area contributed by atoms with Crippen molar-refractivity contribution in [1.82, 2.24) is 10.2 Å². The molecule has 1 unspecified atom stereocenters. The highest BCUT2D eigenvalue weighted by atomic mass is 32.1. The minimum atomic E-state index is 0.639. The van der Waals surface area contributed by atoms with Gasteiger partial charge in [0, 0.05) is 31.6 Å². The molecule has 2 aliphatic rings. The summed E-state index contributed by atoms with van der Waals surface area (Å²) in [5.74, 6) is 1.75. The number of nitrogens with one attached hydrogen (secondary N) is 1. The third-order valence-corrected chi connectivity index (χ3v) is 6.00. The molecule has 1 saturated carbocycles. The molecule has 1 aliphatic heterocycles. The maximum absolute atomic E-state index is 4.50. The maximum atomic E-state index is 4.50. The summed E-state index contributed by atoms with van der Waals surface area (Å²) in [5.41, 5.74) is 0.639. The van der Waals surface area contributed by atoms with Crippen molar-refractivity contribution in [2.45, 2.75) is 39.0 Å². The van der Waals surface area contributed by atoms with Crippen molar-refractivity contribution in [2.75, 3.05) is 26.7 Å². The summed E-state index contributed by atoms with van der Waals surface area (Å²) in [6.45, 7) is 5.72. The standard InChI is InChI=1S/C17H27N3S/c1-14(11-15-5-3-10-21-15)12-19-16(18-2)20-9-8-17(13-20)6-4-7-17/h3,5,10,14H,4,6-9,11-13H2,1-2H3,(H,18,19). The van der Waals surface area contributed by atoms with Crippen LogP contribution in [0.4, 0.5) is 0 Å². The lowest BCUT2D eigenvalue weighted by Gasteiger charge is -2.38. The van der Waals surface area contributed by atoms with Gasteiger partial charge in [0.25, 0.3) is 0 Å². The molecule has 4 heteroatoms. The van der Waals surface area contributed by atoms with E-state index in [0.717, 1.165) is 18.9 Å². The van der Waals surface area contributed by atoms with Crippen molar-refractivity contribution in [1.29, 1.82) is 0 Å². The Morgan fingerprint density at radius 3 is 2.90 bits per heavy atom. The molecule has 0 radical (unpaired) electrons. The quantitative estimate of drug-likeness (QED) is 0.682. The number of hydrogen-bond acceptors (Lipinski definition) is 2. The second-order valence-corrected chi connectivity index (χ2v) is 7.87. The number of thiophene rings is 1. The molecule has 3 rings (SSSR count). The lowest BCUT2D eigenvalue weighted by Crippen LogP contribution is -2.43. The van der Waals surface area contributed by atoms with Crippen LogP contribution in [0, 0.1) is 11.3 Å². The summed E-state index contributed by atoms with van der Waals surface area (Å²) >= 11 is 1.86. The van der Waals surface area contributed by atoms with Gasteiger partial charge in [0.2, 0.25) is 0 Å². The van der Waals surface area contributed by atoms with Crippen LogP contribution in [0.15, 0.2) is 22.5 Å². The largest absolute Gasteiger partial charge is 0.356 e. The Kier molecular flexibility index (Phi) is 4.53. The van der Waals surface area contributed by atoms with E-state index in [2.05, 4.69) is 39.6 Å². The summed E-state index contributed by atoms with van der Waals surface area (Å²) in [4.78, 5) is 8.45. The first-order chi connectivity index (χ1) is 10.2. The van der Waals surface area contributed by atoms with Crippen molar-refractivity contribution in [3.05, 3.63) is 22.4 Å². The second kappa shape index (κ2) is 6.39. The summed E-state index contributed by atoms with van der Waals surface area (Å²) in [6, 6.07) is 4.37. The molecule has 0 amide bonds. The van der Waals surface area contributed by atoms with E-state index in [1.54, 1.807) is 0 Å². The van der Waals surface area contributed by atoms with E-state index in [-0.39, 0.29) is 0 Å². The lowest BCUT2D eigenvalue weighted by atomic mass is 9.68. The molecular weight excluding hydrogens is 278 g/mol. The lowest BCUT2D eigenvalue weighted by molar-refractivity contribution is 0.151. The van der Waals surface area contributed by atoms with Crippen molar-refractivity contribution < 1.29 is 0 Å². The van der Waals surface area contributed by atoms with Gasteiger partial charge in [0.05, 0.1) is 0 Å². The van der Waals surface area contributed by atoms with Gasteiger partial charge in [-0.25, -0.2) is 0 Å². The number of aliphatic imine (C=N–C) groups is 1. The van der Waals surface area contributed by atoms with Crippen LogP contribution in [0.2, 0.25) is 0 Å². The van der Waals surface area contributed by atoms with E-state index in [9.17, 15) is 0 Å². The Bertz CT molecular complexity index is 476. The van der Waals surface area contributed by atoms with Gasteiger partial charge in [-0.15, -0.1) is 11.3 Å². The highest BCUT2D eigenvalue weighted by Gasteiger charge is 2.43. The van der Waals surface area contributed by atoms with E-state index >= 15 is 0 Å². The average Bonchev–Trinajstić information content (AvgIpc) is 3.08. The van der Waals surface area contributed by atoms with Crippen molar-refractivity contribution in [2.24, 2.45) is 16.3 Å². The number of hydrogen-bond donors (Lipinski definition) is 1. The molecule has 3 nitrogen and oxygen atoms in total. The van der Waals surface area contributed by atoms with Crippen molar-refractivity contribution in [3.8, 4) is 0 Å². The molecule has 0 aromatic carbocycles. The summed E-state index contributed by atoms with van der Waals surface area (Å²) < 4.78 is 0. The van der Waals surface area contributed by atoms with Gasteiger partial charge >= 0.3 is 0 Å².